The number of fused-ring (bicyclic) bond motifs is 1. The van der Waals surface area contributed by atoms with Crippen LogP contribution in [0.2, 0.25) is 0 Å². The van der Waals surface area contributed by atoms with Gasteiger partial charge in [0.05, 0.1) is 5.56 Å². The van der Waals surface area contributed by atoms with Crippen LogP contribution in [-0.2, 0) is 12.8 Å². The molecule has 0 radical (unpaired) electrons. The molecule has 0 atom stereocenters. The summed E-state index contributed by atoms with van der Waals surface area (Å²) in [7, 11) is 0. The number of nitrogens with zero attached hydrogens (tertiary/aromatic N) is 4. The summed E-state index contributed by atoms with van der Waals surface area (Å²) >= 11 is 0. The third-order valence-electron chi connectivity index (χ3n) is 5.40. The van der Waals surface area contributed by atoms with E-state index in [1.807, 2.05) is 23.1 Å². The molecule has 1 aliphatic heterocycles. The molecule has 6 heteroatoms. The minimum Gasteiger partial charge on any atom is -0.507 e. The molecular formula is C20H24N4O2. The van der Waals surface area contributed by atoms with Crippen molar-refractivity contribution in [2.45, 2.75) is 32.1 Å². The van der Waals surface area contributed by atoms with Gasteiger partial charge in [-0.2, -0.15) is 5.10 Å². The highest BCUT2D eigenvalue weighted by Crippen LogP contribution is 2.32. The molecule has 26 heavy (non-hydrogen) atoms. The molecule has 0 bridgehead atoms. The van der Waals surface area contributed by atoms with Crippen LogP contribution in [-0.4, -0.2) is 52.3 Å². The number of hydrogen-bond acceptors (Lipinski definition) is 5. The number of carbonyl (C=O) groups excluding carboxylic acids is 1. The molecule has 2 aromatic rings. The van der Waals surface area contributed by atoms with Gasteiger partial charge in [0, 0.05) is 32.4 Å². The van der Waals surface area contributed by atoms with Crippen molar-refractivity contribution in [3.05, 3.63) is 47.2 Å². The molecule has 1 aliphatic carbocycles. The molecule has 136 valence electrons. The molecule has 2 heterocycles. The van der Waals surface area contributed by atoms with E-state index in [1.54, 1.807) is 12.3 Å². The van der Waals surface area contributed by atoms with Gasteiger partial charge in [-0.25, -0.2) is 0 Å². The van der Waals surface area contributed by atoms with Gasteiger partial charge in [0.25, 0.3) is 5.91 Å². The van der Waals surface area contributed by atoms with Crippen molar-refractivity contribution in [3.8, 4) is 5.75 Å². The molecule has 1 amide bonds. The number of anilines is 1. The van der Waals surface area contributed by atoms with Crippen LogP contribution in [0.3, 0.4) is 0 Å². The molecule has 2 aliphatic rings. The molecule has 1 aromatic heterocycles. The number of aromatic nitrogens is 2. The van der Waals surface area contributed by atoms with Gasteiger partial charge in [0.15, 0.2) is 5.82 Å². The van der Waals surface area contributed by atoms with Gasteiger partial charge in [0.1, 0.15) is 5.75 Å². The SMILES string of the molecule is O=C(c1ccc2c(c1O)CCCC2)N1CCCN(c2cccnn2)CC1. The Bertz CT molecular complexity index is 794. The quantitative estimate of drug-likeness (QED) is 0.899. The summed E-state index contributed by atoms with van der Waals surface area (Å²) in [5.41, 5.74) is 2.60. The topological polar surface area (TPSA) is 69.6 Å². The fourth-order valence-electron chi connectivity index (χ4n) is 3.96. The van der Waals surface area contributed by atoms with Crippen molar-refractivity contribution in [1.82, 2.24) is 15.1 Å². The molecule has 6 nitrogen and oxygen atoms in total. The highest BCUT2D eigenvalue weighted by molar-refractivity contribution is 5.97. The van der Waals surface area contributed by atoms with Crippen molar-refractivity contribution < 1.29 is 9.90 Å². The van der Waals surface area contributed by atoms with Crippen LogP contribution in [0.4, 0.5) is 5.82 Å². The number of benzene rings is 1. The maximum Gasteiger partial charge on any atom is 0.257 e. The van der Waals surface area contributed by atoms with E-state index >= 15 is 0 Å². The second-order valence-electron chi connectivity index (χ2n) is 7.02. The van der Waals surface area contributed by atoms with Crippen LogP contribution >= 0.6 is 0 Å². The minimum absolute atomic E-state index is 0.0723. The van der Waals surface area contributed by atoms with Crippen molar-refractivity contribution in [1.29, 1.82) is 0 Å². The van der Waals surface area contributed by atoms with Crippen molar-refractivity contribution in [3.63, 3.8) is 0 Å². The molecule has 0 saturated carbocycles. The monoisotopic (exact) mass is 352 g/mol. The van der Waals surface area contributed by atoms with Crippen LogP contribution in [0.1, 0.15) is 40.7 Å². The van der Waals surface area contributed by atoms with Crippen LogP contribution in [0, 0.1) is 0 Å². The van der Waals surface area contributed by atoms with Crippen LogP contribution in [0.5, 0.6) is 5.75 Å². The summed E-state index contributed by atoms with van der Waals surface area (Å²) in [6.07, 6.45) is 6.62. The van der Waals surface area contributed by atoms with Gasteiger partial charge in [-0.1, -0.05) is 6.07 Å². The van der Waals surface area contributed by atoms with Crippen molar-refractivity contribution in [2.75, 3.05) is 31.1 Å². The number of amides is 1. The minimum atomic E-state index is -0.0723. The first-order valence-electron chi connectivity index (χ1n) is 9.39. The van der Waals surface area contributed by atoms with Crippen LogP contribution in [0.15, 0.2) is 30.5 Å². The third-order valence-corrected chi connectivity index (χ3v) is 5.40. The number of phenolic OH excluding ortho intramolecular Hbond substituents is 1. The highest BCUT2D eigenvalue weighted by Gasteiger charge is 2.25. The second kappa shape index (κ2) is 7.32. The number of aryl methyl sites for hydroxylation is 1. The zero-order chi connectivity index (χ0) is 17.9. The number of rotatable bonds is 2. The molecule has 1 saturated heterocycles. The largest absolute Gasteiger partial charge is 0.507 e. The second-order valence-corrected chi connectivity index (χ2v) is 7.02. The van der Waals surface area contributed by atoms with E-state index in [4.69, 9.17) is 0 Å². The van der Waals surface area contributed by atoms with E-state index in [2.05, 4.69) is 15.1 Å². The Kier molecular flexibility index (Phi) is 4.73. The van der Waals surface area contributed by atoms with Gasteiger partial charge >= 0.3 is 0 Å². The summed E-state index contributed by atoms with van der Waals surface area (Å²) in [6.45, 7) is 2.87. The zero-order valence-corrected chi connectivity index (χ0v) is 14.9. The normalized spacial score (nSPS) is 17.5. The average molecular weight is 352 g/mol. The zero-order valence-electron chi connectivity index (χ0n) is 14.9. The molecule has 1 aromatic carbocycles. The molecular weight excluding hydrogens is 328 g/mol. The summed E-state index contributed by atoms with van der Waals surface area (Å²) in [6, 6.07) is 7.64. The standard InChI is InChI=1S/C20H24N4O2/c25-19-16-6-2-1-5-15(16)8-9-17(19)20(26)24-12-4-11-23(13-14-24)18-7-3-10-21-22-18/h3,7-10,25H,1-2,4-6,11-14H2. The van der Waals surface area contributed by atoms with Crippen LogP contribution in [0.25, 0.3) is 0 Å². The van der Waals surface area contributed by atoms with Gasteiger partial charge < -0.3 is 14.9 Å². The summed E-state index contributed by atoms with van der Waals surface area (Å²) in [4.78, 5) is 17.0. The van der Waals surface area contributed by atoms with E-state index in [0.717, 1.165) is 56.6 Å². The van der Waals surface area contributed by atoms with Crippen LogP contribution < -0.4 is 4.90 Å². The van der Waals surface area contributed by atoms with E-state index in [0.29, 0.717) is 18.7 Å². The number of phenols is 1. The molecule has 0 spiro atoms. The smallest absolute Gasteiger partial charge is 0.257 e. The maximum absolute atomic E-state index is 13.0. The molecule has 0 unspecified atom stereocenters. The Morgan fingerprint density at radius 1 is 1.00 bits per heavy atom. The number of carbonyl (C=O) groups is 1. The maximum atomic E-state index is 13.0. The summed E-state index contributed by atoms with van der Waals surface area (Å²) in [5.74, 6) is 0.970. The summed E-state index contributed by atoms with van der Waals surface area (Å²) in [5, 5.41) is 18.8. The fourth-order valence-corrected chi connectivity index (χ4v) is 3.96. The Labute approximate surface area is 153 Å². The Morgan fingerprint density at radius 2 is 1.88 bits per heavy atom. The van der Waals surface area contributed by atoms with Gasteiger partial charge in [-0.3, -0.25) is 4.79 Å². The van der Waals surface area contributed by atoms with E-state index in [1.165, 1.54) is 5.56 Å². The molecule has 1 fully saturated rings. The first-order chi connectivity index (χ1) is 12.7. The molecule has 1 N–H and O–H groups in total. The lowest BCUT2D eigenvalue weighted by Gasteiger charge is -2.24. The molecule has 4 rings (SSSR count). The first kappa shape index (κ1) is 16.8. The fraction of sp³-hybridized carbons (Fsp3) is 0.450. The number of hydrogen-bond donors (Lipinski definition) is 1. The van der Waals surface area contributed by atoms with E-state index < -0.39 is 0 Å². The Morgan fingerprint density at radius 3 is 2.73 bits per heavy atom. The lowest BCUT2D eigenvalue weighted by molar-refractivity contribution is 0.0763. The van der Waals surface area contributed by atoms with Crippen molar-refractivity contribution >= 4 is 11.7 Å². The third kappa shape index (κ3) is 3.23. The lowest BCUT2D eigenvalue weighted by Crippen LogP contribution is -2.35. The van der Waals surface area contributed by atoms with Crippen molar-refractivity contribution in [2.24, 2.45) is 0 Å². The Balaban J connectivity index is 1.50. The predicted octanol–water partition coefficient (Wildman–Crippen LogP) is 2.41. The van der Waals surface area contributed by atoms with Gasteiger partial charge in [0.2, 0.25) is 0 Å². The van der Waals surface area contributed by atoms with E-state index in [-0.39, 0.29) is 11.7 Å². The first-order valence-corrected chi connectivity index (χ1v) is 9.39. The summed E-state index contributed by atoms with van der Waals surface area (Å²) < 4.78 is 0. The lowest BCUT2D eigenvalue weighted by atomic mass is 9.89. The average Bonchev–Trinajstić information content (AvgIpc) is 2.95. The van der Waals surface area contributed by atoms with Gasteiger partial charge in [-0.15, -0.1) is 5.10 Å². The van der Waals surface area contributed by atoms with E-state index in [9.17, 15) is 9.90 Å². The Hall–Kier alpha value is -2.63. The number of aromatic hydroxyl groups is 1. The van der Waals surface area contributed by atoms with Gasteiger partial charge in [-0.05, 0) is 61.4 Å². The predicted molar refractivity (Wildman–Crippen MR) is 99.5 cm³/mol. The highest BCUT2D eigenvalue weighted by atomic mass is 16.3.